The number of aryl methyl sites for hydroxylation is 2. The SMILES string of the molecule is Cc1ccc(NC(=O)c2cc3ccccc3c(N=Nc3ccccc3)c2O)c(C)c1. The van der Waals surface area contributed by atoms with Gasteiger partial charge in [0.05, 0.1) is 11.3 Å². The van der Waals surface area contributed by atoms with Gasteiger partial charge in [0.25, 0.3) is 5.91 Å². The lowest BCUT2D eigenvalue weighted by Gasteiger charge is -2.12. The molecule has 0 aliphatic heterocycles. The molecule has 0 bridgehead atoms. The van der Waals surface area contributed by atoms with Crippen LogP contribution < -0.4 is 5.32 Å². The van der Waals surface area contributed by atoms with Crippen LogP contribution in [0.15, 0.2) is 89.1 Å². The van der Waals surface area contributed by atoms with Gasteiger partial charge in [0.2, 0.25) is 0 Å². The molecule has 4 aromatic rings. The van der Waals surface area contributed by atoms with Gasteiger partial charge in [-0.3, -0.25) is 4.79 Å². The van der Waals surface area contributed by atoms with E-state index in [-0.39, 0.29) is 17.0 Å². The second kappa shape index (κ2) is 8.17. The van der Waals surface area contributed by atoms with Gasteiger partial charge in [-0.1, -0.05) is 60.2 Å². The summed E-state index contributed by atoms with van der Waals surface area (Å²) in [6.45, 7) is 3.93. The maximum absolute atomic E-state index is 13.0. The van der Waals surface area contributed by atoms with Crippen molar-refractivity contribution >= 4 is 33.7 Å². The van der Waals surface area contributed by atoms with Gasteiger partial charge in [0.15, 0.2) is 5.75 Å². The number of carbonyl (C=O) groups excluding carboxylic acids is 1. The predicted octanol–water partition coefficient (Wildman–Crippen LogP) is 6.83. The maximum Gasteiger partial charge on any atom is 0.259 e. The fourth-order valence-corrected chi connectivity index (χ4v) is 3.34. The topological polar surface area (TPSA) is 74.0 Å². The minimum absolute atomic E-state index is 0.149. The number of carbonyl (C=O) groups is 1. The standard InChI is InChI=1S/C25H21N3O2/c1-16-12-13-22(17(2)14-16)26-25(30)21-15-18-8-6-7-11-20(18)23(24(21)29)28-27-19-9-4-3-5-10-19/h3-15,29H,1-2H3,(H,26,30). The van der Waals surface area contributed by atoms with Crippen LogP contribution in [0.5, 0.6) is 5.75 Å². The van der Waals surface area contributed by atoms with Gasteiger partial charge in [-0.15, -0.1) is 5.11 Å². The van der Waals surface area contributed by atoms with E-state index < -0.39 is 5.91 Å². The highest BCUT2D eigenvalue weighted by molar-refractivity contribution is 6.12. The van der Waals surface area contributed by atoms with Crippen molar-refractivity contribution in [2.75, 3.05) is 5.32 Å². The summed E-state index contributed by atoms with van der Waals surface area (Å²) in [5.41, 5.74) is 3.84. The maximum atomic E-state index is 13.0. The highest BCUT2D eigenvalue weighted by Gasteiger charge is 2.19. The van der Waals surface area contributed by atoms with Crippen molar-refractivity contribution in [2.45, 2.75) is 13.8 Å². The summed E-state index contributed by atoms with van der Waals surface area (Å²) in [5, 5.41) is 23.8. The molecule has 0 saturated carbocycles. The van der Waals surface area contributed by atoms with Gasteiger partial charge >= 0.3 is 0 Å². The van der Waals surface area contributed by atoms with Crippen LogP contribution in [-0.4, -0.2) is 11.0 Å². The Kier molecular flexibility index (Phi) is 5.26. The summed E-state index contributed by atoms with van der Waals surface area (Å²) >= 11 is 0. The Balaban J connectivity index is 1.77. The van der Waals surface area contributed by atoms with Crippen molar-refractivity contribution in [3.8, 4) is 5.75 Å². The van der Waals surface area contributed by atoms with Crippen molar-refractivity contribution in [3.05, 3.63) is 95.6 Å². The van der Waals surface area contributed by atoms with Gasteiger partial charge in [-0.2, -0.15) is 5.11 Å². The van der Waals surface area contributed by atoms with E-state index in [1.54, 1.807) is 6.07 Å². The molecule has 1 amide bonds. The van der Waals surface area contributed by atoms with Gasteiger partial charge < -0.3 is 10.4 Å². The van der Waals surface area contributed by atoms with Gasteiger partial charge in [0, 0.05) is 11.1 Å². The smallest absolute Gasteiger partial charge is 0.259 e. The fraction of sp³-hybridized carbons (Fsp3) is 0.0800. The highest BCUT2D eigenvalue weighted by atomic mass is 16.3. The Morgan fingerprint density at radius 2 is 1.60 bits per heavy atom. The molecular formula is C25H21N3O2. The number of aromatic hydroxyl groups is 1. The molecule has 0 aromatic heterocycles. The molecule has 0 aliphatic carbocycles. The minimum Gasteiger partial charge on any atom is -0.505 e. The number of phenols is 1. The van der Waals surface area contributed by atoms with Crippen molar-refractivity contribution in [1.82, 2.24) is 0 Å². The van der Waals surface area contributed by atoms with E-state index >= 15 is 0 Å². The van der Waals surface area contributed by atoms with E-state index in [9.17, 15) is 9.90 Å². The molecule has 4 aromatic carbocycles. The molecule has 0 aliphatic rings. The lowest BCUT2D eigenvalue weighted by atomic mass is 10.0. The van der Waals surface area contributed by atoms with Crippen molar-refractivity contribution in [1.29, 1.82) is 0 Å². The summed E-state index contributed by atoms with van der Waals surface area (Å²) in [4.78, 5) is 13.0. The molecule has 0 radical (unpaired) electrons. The van der Waals surface area contributed by atoms with E-state index in [1.165, 1.54) is 0 Å². The Hall–Kier alpha value is -3.99. The number of benzene rings is 4. The summed E-state index contributed by atoms with van der Waals surface area (Å²) in [6, 6.07) is 24.2. The number of rotatable bonds is 4. The first-order chi connectivity index (χ1) is 14.5. The third-order valence-electron chi connectivity index (χ3n) is 4.89. The number of phenolic OH excluding ortho intramolecular Hbond substituents is 1. The molecule has 5 heteroatoms. The van der Waals surface area contributed by atoms with Crippen LogP contribution in [0.2, 0.25) is 0 Å². The normalized spacial score (nSPS) is 11.1. The van der Waals surface area contributed by atoms with E-state index in [1.807, 2.05) is 86.6 Å². The summed E-state index contributed by atoms with van der Waals surface area (Å²) in [7, 11) is 0. The molecule has 0 fully saturated rings. The lowest BCUT2D eigenvalue weighted by Crippen LogP contribution is -2.13. The number of anilines is 1. The second-order valence-corrected chi connectivity index (χ2v) is 7.15. The minimum atomic E-state index is -0.402. The molecule has 0 atom stereocenters. The summed E-state index contributed by atoms with van der Waals surface area (Å²) in [6.07, 6.45) is 0. The van der Waals surface area contributed by atoms with Crippen molar-refractivity contribution < 1.29 is 9.90 Å². The molecular weight excluding hydrogens is 374 g/mol. The van der Waals surface area contributed by atoms with Gasteiger partial charge in [-0.25, -0.2) is 0 Å². The Morgan fingerprint density at radius 1 is 0.867 bits per heavy atom. The third-order valence-corrected chi connectivity index (χ3v) is 4.89. The second-order valence-electron chi connectivity index (χ2n) is 7.15. The van der Waals surface area contributed by atoms with Crippen molar-refractivity contribution in [3.63, 3.8) is 0 Å². The molecule has 148 valence electrons. The zero-order valence-corrected chi connectivity index (χ0v) is 16.8. The van der Waals surface area contributed by atoms with Gasteiger partial charge in [0.1, 0.15) is 5.69 Å². The first kappa shape index (κ1) is 19.3. The number of amides is 1. The number of hydrogen-bond acceptors (Lipinski definition) is 4. The Morgan fingerprint density at radius 3 is 2.37 bits per heavy atom. The molecule has 2 N–H and O–H groups in total. The number of nitrogens with one attached hydrogen (secondary N) is 1. The van der Waals surface area contributed by atoms with E-state index in [0.29, 0.717) is 11.4 Å². The molecule has 4 rings (SSSR count). The average molecular weight is 395 g/mol. The summed E-state index contributed by atoms with van der Waals surface area (Å²) in [5.74, 6) is -0.600. The molecule has 5 nitrogen and oxygen atoms in total. The van der Waals surface area contributed by atoms with Crippen LogP contribution in [-0.2, 0) is 0 Å². The Labute approximate surface area is 174 Å². The summed E-state index contributed by atoms with van der Waals surface area (Å²) < 4.78 is 0. The average Bonchev–Trinajstić information content (AvgIpc) is 2.75. The first-order valence-electron chi connectivity index (χ1n) is 9.63. The fourth-order valence-electron chi connectivity index (χ4n) is 3.34. The lowest BCUT2D eigenvalue weighted by molar-refractivity contribution is 0.102. The van der Waals surface area contributed by atoms with Crippen LogP contribution in [0.25, 0.3) is 10.8 Å². The predicted molar refractivity (Wildman–Crippen MR) is 120 cm³/mol. The Bertz CT molecular complexity index is 1260. The number of fused-ring (bicyclic) bond motifs is 1. The van der Waals surface area contributed by atoms with Crippen LogP contribution >= 0.6 is 0 Å². The molecule has 0 saturated heterocycles. The molecule has 0 heterocycles. The number of nitrogens with zero attached hydrogens (tertiary/aromatic N) is 2. The van der Waals surface area contributed by atoms with E-state index in [2.05, 4.69) is 15.5 Å². The number of hydrogen-bond donors (Lipinski definition) is 2. The van der Waals surface area contributed by atoms with Crippen LogP contribution in [0.4, 0.5) is 17.1 Å². The van der Waals surface area contributed by atoms with Crippen LogP contribution in [0, 0.1) is 13.8 Å². The highest BCUT2D eigenvalue weighted by Crippen LogP contribution is 2.39. The third kappa shape index (κ3) is 3.91. The monoisotopic (exact) mass is 395 g/mol. The van der Waals surface area contributed by atoms with Crippen molar-refractivity contribution in [2.24, 2.45) is 10.2 Å². The zero-order chi connectivity index (χ0) is 21.1. The first-order valence-corrected chi connectivity index (χ1v) is 9.63. The van der Waals surface area contributed by atoms with Gasteiger partial charge in [-0.05, 0) is 49.1 Å². The number of azo groups is 1. The molecule has 0 unspecified atom stereocenters. The van der Waals surface area contributed by atoms with E-state index in [4.69, 9.17) is 0 Å². The van der Waals surface area contributed by atoms with Crippen LogP contribution in [0.3, 0.4) is 0 Å². The molecule has 0 spiro atoms. The van der Waals surface area contributed by atoms with E-state index in [0.717, 1.165) is 21.9 Å². The largest absolute Gasteiger partial charge is 0.505 e. The zero-order valence-electron chi connectivity index (χ0n) is 16.8. The quantitative estimate of drug-likeness (QED) is 0.372. The molecule has 30 heavy (non-hydrogen) atoms. The van der Waals surface area contributed by atoms with Crippen LogP contribution in [0.1, 0.15) is 21.5 Å².